The van der Waals surface area contributed by atoms with Gasteiger partial charge in [0.15, 0.2) is 0 Å². The van der Waals surface area contributed by atoms with Crippen molar-refractivity contribution in [3.63, 3.8) is 0 Å². The summed E-state index contributed by atoms with van der Waals surface area (Å²) in [7, 11) is 0. The average Bonchev–Trinajstić information content (AvgIpc) is 2.53. The van der Waals surface area contributed by atoms with Gasteiger partial charge in [0, 0.05) is 0 Å². The summed E-state index contributed by atoms with van der Waals surface area (Å²) < 4.78 is 4.82. The van der Waals surface area contributed by atoms with Crippen molar-refractivity contribution in [2.45, 2.75) is 6.92 Å². The van der Waals surface area contributed by atoms with Crippen LogP contribution in [0.4, 0.5) is 0 Å². The molecule has 1 aliphatic rings. The molecule has 0 N–H and O–H groups in total. The van der Waals surface area contributed by atoms with Gasteiger partial charge in [0.25, 0.3) is 0 Å². The molecule has 2 heteroatoms. The molecule has 2 rings (SSSR count). The molecule has 1 aromatic carbocycles. The Kier molecular flexibility index (Phi) is 1.89. The highest BCUT2D eigenvalue weighted by Crippen LogP contribution is 2.20. The van der Waals surface area contributed by atoms with Gasteiger partial charge in [-0.25, -0.2) is 4.79 Å². The maximum atomic E-state index is 11.2. The standard InChI is InChI=1S/C11H10O2/c1-8-2-4-9(5-3-8)10-6-7-13-11(10)12/h2-6H,7H2,1H3. The second-order valence-electron chi connectivity index (χ2n) is 3.08. The van der Waals surface area contributed by atoms with Crippen molar-refractivity contribution in [1.29, 1.82) is 0 Å². The lowest BCUT2D eigenvalue weighted by Gasteiger charge is -1.99. The SMILES string of the molecule is Cc1ccc(C2=CCOC2=O)cc1. The first-order valence-corrected chi connectivity index (χ1v) is 4.22. The lowest BCUT2D eigenvalue weighted by molar-refractivity contribution is -0.133. The van der Waals surface area contributed by atoms with Crippen LogP contribution in [0.15, 0.2) is 30.3 Å². The fourth-order valence-corrected chi connectivity index (χ4v) is 1.33. The maximum absolute atomic E-state index is 11.2. The zero-order chi connectivity index (χ0) is 9.26. The predicted octanol–water partition coefficient (Wildman–Crippen LogP) is 1.94. The van der Waals surface area contributed by atoms with Gasteiger partial charge in [-0.1, -0.05) is 29.8 Å². The van der Waals surface area contributed by atoms with Gasteiger partial charge in [0.1, 0.15) is 6.61 Å². The molecule has 1 aromatic rings. The van der Waals surface area contributed by atoms with E-state index in [1.807, 2.05) is 37.3 Å². The molecule has 13 heavy (non-hydrogen) atoms. The zero-order valence-corrected chi connectivity index (χ0v) is 7.41. The van der Waals surface area contributed by atoms with E-state index in [1.165, 1.54) is 5.56 Å². The molecule has 2 nitrogen and oxygen atoms in total. The number of aryl methyl sites for hydroxylation is 1. The molecule has 0 saturated heterocycles. The number of carbonyl (C=O) groups excluding carboxylic acids is 1. The van der Waals surface area contributed by atoms with Crippen LogP contribution in [-0.2, 0) is 9.53 Å². The number of cyclic esters (lactones) is 1. The lowest BCUT2D eigenvalue weighted by Crippen LogP contribution is -1.98. The van der Waals surface area contributed by atoms with Crippen molar-refractivity contribution in [3.05, 3.63) is 41.5 Å². The molecular formula is C11H10O2. The lowest BCUT2D eigenvalue weighted by atomic mass is 10.1. The van der Waals surface area contributed by atoms with Crippen LogP contribution in [0.2, 0.25) is 0 Å². The Hall–Kier alpha value is -1.57. The first kappa shape index (κ1) is 8.05. The molecule has 0 amide bonds. The minimum atomic E-state index is -0.219. The Morgan fingerprint density at radius 1 is 1.23 bits per heavy atom. The number of rotatable bonds is 1. The largest absolute Gasteiger partial charge is 0.458 e. The number of ether oxygens (including phenoxy) is 1. The molecule has 0 unspecified atom stereocenters. The summed E-state index contributed by atoms with van der Waals surface area (Å²) in [6.45, 7) is 2.42. The molecular weight excluding hydrogens is 164 g/mol. The number of benzene rings is 1. The van der Waals surface area contributed by atoms with Crippen LogP contribution in [-0.4, -0.2) is 12.6 Å². The molecule has 1 heterocycles. The van der Waals surface area contributed by atoms with Gasteiger partial charge in [0.2, 0.25) is 0 Å². The molecule has 0 radical (unpaired) electrons. The minimum Gasteiger partial charge on any atom is -0.458 e. The summed E-state index contributed by atoms with van der Waals surface area (Å²) in [6.07, 6.45) is 1.81. The van der Waals surface area contributed by atoms with E-state index in [2.05, 4.69) is 0 Å². The highest BCUT2D eigenvalue weighted by atomic mass is 16.5. The molecule has 0 aromatic heterocycles. The number of esters is 1. The molecule has 0 fully saturated rings. The van der Waals surface area contributed by atoms with E-state index in [0.29, 0.717) is 12.2 Å². The summed E-state index contributed by atoms with van der Waals surface area (Å²) in [6, 6.07) is 7.85. The predicted molar refractivity (Wildman–Crippen MR) is 50.1 cm³/mol. The summed E-state index contributed by atoms with van der Waals surface area (Å²) in [5.41, 5.74) is 2.81. The fraction of sp³-hybridized carbons (Fsp3) is 0.182. The summed E-state index contributed by atoms with van der Waals surface area (Å²) >= 11 is 0. The normalized spacial score (nSPS) is 15.5. The second kappa shape index (κ2) is 3.05. The number of hydrogen-bond acceptors (Lipinski definition) is 2. The quantitative estimate of drug-likeness (QED) is 0.608. The minimum absolute atomic E-state index is 0.219. The highest BCUT2D eigenvalue weighted by molar-refractivity contribution is 6.18. The van der Waals surface area contributed by atoms with Gasteiger partial charge in [0.05, 0.1) is 5.57 Å². The van der Waals surface area contributed by atoms with E-state index in [-0.39, 0.29) is 5.97 Å². The van der Waals surface area contributed by atoms with Gasteiger partial charge >= 0.3 is 5.97 Å². The summed E-state index contributed by atoms with van der Waals surface area (Å²) in [5, 5.41) is 0. The Morgan fingerprint density at radius 3 is 2.46 bits per heavy atom. The molecule has 1 aliphatic heterocycles. The molecule has 0 aliphatic carbocycles. The first-order valence-electron chi connectivity index (χ1n) is 4.22. The highest BCUT2D eigenvalue weighted by Gasteiger charge is 2.17. The van der Waals surface area contributed by atoms with Crippen molar-refractivity contribution in [2.24, 2.45) is 0 Å². The van der Waals surface area contributed by atoms with E-state index < -0.39 is 0 Å². The first-order chi connectivity index (χ1) is 6.27. The fourth-order valence-electron chi connectivity index (χ4n) is 1.33. The number of hydrogen-bond donors (Lipinski definition) is 0. The van der Waals surface area contributed by atoms with Crippen LogP contribution in [0, 0.1) is 6.92 Å². The van der Waals surface area contributed by atoms with Crippen LogP contribution in [0.5, 0.6) is 0 Å². The summed E-state index contributed by atoms with van der Waals surface area (Å²) in [5.74, 6) is -0.219. The van der Waals surface area contributed by atoms with Crippen molar-refractivity contribution >= 4 is 11.5 Å². The van der Waals surface area contributed by atoms with Gasteiger partial charge in [-0.15, -0.1) is 0 Å². The van der Waals surface area contributed by atoms with E-state index in [1.54, 1.807) is 0 Å². The van der Waals surface area contributed by atoms with Gasteiger partial charge in [-0.2, -0.15) is 0 Å². The second-order valence-corrected chi connectivity index (χ2v) is 3.08. The van der Waals surface area contributed by atoms with Crippen LogP contribution >= 0.6 is 0 Å². The van der Waals surface area contributed by atoms with Crippen LogP contribution in [0.3, 0.4) is 0 Å². The zero-order valence-electron chi connectivity index (χ0n) is 7.41. The van der Waals surface area contributed by atoms with Gasteiger partial charge in [-0.05, 0) is 18.6 Å². The third-order valence-corrected chi connectivity index (χ3v) is 2.08. The molecule has 66 valence electrons. The summed E-state index contributed by atoms with van der Waals surface area (Å²) in [4.78, 5) is 11.2. The van der Waals surface area contributed by atoms with E-state index >= 15 is 0 Å². The molecule has 0 saturated carbocycles. The Bertz CT molecular complexity index is 360. The van der Waals surface area contributed by atoms with Crippen LogP contribution < -0.4 is 0 Å². The third-order valence-electron chi connectivity index (χ3n) is 2.08. The third kappa shape index (κ3) is 1.47. The van der Waals surface area contributed by atoms with Gasteiger partial charge in [-0.3, -0.25) is 0 Å². The maximum Gasteiger partial charge on any atom is 0.338 e. The number of carbonyl (C=O) groups is 1. The van der Waals surface area contributed by atoms with Crippen molar-refractivity contribution in [1.82, 2.24) is 0 Å². The average molecular weight is 174 g/mol. The Morgan fingerprint density at radius 2 is 1.92 bits per heavy atom. The Labute approximate surface area is 76.8 Å². The van der Waals surface area contributed by atoms with Crippen molar-refractivity contribution in [3.8, 4) is 0 Å². The monoisotopic (exact) mass is 174 g/mol. The van der Waals surface area contributed by atoms with E-state index in [9.17, 15) is 4.79 Å². The van der Waals surface area contributed by atoms with Crippen LogP contribution in [0.1, 0.15) is 11.1 Å². The molecule has 0 spiro atoms. The van der Waals surface area contributed by atoms with E-state index in [4.69, 9.17) is 4.74 Å². The smallest absolute Gasteiger partial charge is 0.338 e. The molecule has 0 bridgehead atoms. The van der Waals surface area contributed by atoms with Crippen molar-refractivity contribution in [2.75, 3.05) is 6.61 Å². The van der Waals surface area contributed by atoms with Crippen LogP contribution in [0.25, 0.3) is 5.57 Å². The topological polar surface area (TPSA) is 26.3 Å². The van der Waals surface area contributed by atoms with Crippen molar-refractivity contribution < 1.29 is 9.53 Å². The Balaban J connectivity index is 2.36. The van der Waals surface area contributed by atoms with E-state index in [0.717, 1.165) is 5.56 Å². The van der Waals surface area contributed by atoms with Gasteiger partial charge < -0.3 is 4.74 Å². The molecule has 0 atom stereocenters.